The summed E-state index contributed by atoms with van der Waals surface area (Å²) in [5.41, 5.74) is 1.41. The average molecular weight is 433 g/mol. The molecule has 0 N–H and O–H groups in total. The topological polar surface area (TPSA) is 94.8 Å². The molecule has 1 heterocycles. The van der Waals surface area contributed by atoms with Gasteiger partial charge in [-0.25, -0.2) is 13.2 Å². The molecule has 0 radical (unpaired) electrons. The molecule has 1 amide bonds. The number of carbonyl (C=O) groups is 2. The van der Waals surface area contributed by atoms with Crippen LogP contribution in [0.15, 0.2) is 52.4 Å². The van der Waals surface area contributed by atoms with Crippen molar-refractivity contribution in [3.05, 3.63) is 58.4 Å². The van der Waals surface area contributed by atoms with Gasteiger partial charge in [0.25, 0.3) is 5.91 Å². The zero-order valence-corrected chi connectivity index (χ0v) is 18.0. The number of methoxy groups -OCH3 is 1. The van der Waals surface area contributed by atoms with Crippen molar-refractivity contribution in [1.82, 2.24) is 4.57 Å². The number of rotatable bonds is 4. The van der Waals surface area contributed by atoms with Crippen LogP contribution in [0.2, 0.25) is 0 Å². The van der Waals surface area contributed by atoms with Crippen LogP contribution in [0.25, 0.3) is 10.2 Å². The first-order chi connectivity index (χ1) is 13.6. The maximum absolute atomic E-state index is 12.7. The summed E-state index contributed by atoms with van der Waals surface area (Å²) in [7, 11) is -0.410. The summed E-state index contributed by atoms with van der Waals surface area (Å²) < 4.78 is 32.0. The molecule has 0 fully saturated rings. The lowest BCUT2D eigenvalue weighted by Gasteiger charge is -2.08. The van der Waals surface area contributed by atoms with Crippen LogP contribution < -0.4 is 4.80 Å². The molecule has 0 aliphatic carbocycles. The molecule has 0 saturated carbocycles. The van der Waals surface area contributed by atoms with Gasteiger partial charge in [-0.1, -0.05) is 17.4 Å². The van der Waals surface area contributed by atoms with Crippen LogP contribution in [0, 0.1) is 0 Å². The molecule has 0 aliphatic heterocycles. The number of esters is 1. The predicted octanol–water partition coefficient (Wildman–Crippen LogP) is 2.95. The molecule has 0 spiro atoms. The first-order valence-corrected chi connectivity index (χ1v) is 11.1. The molecule has 152 valence electrons. The minimum atomic E-state index is -3.49. The maximum Gasteiger partial charge on any atom is 0.337 e. The van der Waals surface area contributed by atoms with Crippen molar-refractivity contribution in [2.24, 2.45) is 12.0 Å². The maximum atomic E-state index is 12.7. The van der Waals surface area contributed by atoms with Gasteiger partial charge in [0.05, 0.1) is 33.0 Å². The molecule has 1 aromatic heterocycles. The van der Waals surface area contributed by atoms with E-state index in [-0.39, 0.29) is 10.5 Å². The summed E-state index contributed by atoms with van der Waals surface area (Å²) in [6.45, 7) is 3.18. The van der Waals surface area contributed by atoms with E-state index >= 15 is 0 Å². The van der Waals surface area contributed by atoms with Crippen molar-refractivity contribution in [3.63, 3.8) is 0 Å². The van der Waals surface area contributed by atoms with Gasteiger partial charge in [0.15, 0.2) is 14.6 Å². The summed E-state index contributed by atoms with van der Waals surface area (Å²) >= 11 is 1.25. The van der Waals surface area contributed by atoms with E-state index < -0.39 is 27.0 Å². The van der Waals surface area contributed by atoms with E-state index in [9.17, 15) is 18.0 Å². The number of aryl methyl sites for hydroxylation is 1. The fourth-order valence-electron chi connectivity index (χ4n) is 2.72. The molecule has 7 nitrogen and oxygen atoms in total. The summed E-state index contributed by atoms with van der Waals surface area (Å²) in [6, 6.07) is 11.0. The summed E-state index contributed by atoms with van der Waals surface area (Å²) in [5.74, 6) is -0.984. The van der Waals surface area contributed by atoms with Gasteiger partial charge in [0, 0.05) is 12.6 Å². The van der Waals surface area contributed by atoms with E-state index in [0.717, 1.165) is 10.2 Å². The van der Waals surface area contributed by atoms with E-state index in [2.05, 4.69) is 4.99 Å². The molecular formula is C20H20N2O5S2. The van der Waals surface area contributed by atoms with Gasteiger partial charge in [-0.3, -0.25) is 4.79 Å². The smallest absolute Gasteiger partial charge is 0.337 e. The Balaban J connectivity index is 2.04. The van der Waals surface area contributed by atoms with Crippen molar-refractivity contribution in [2.75, 3.05) is 7.11 Å². The predicted molar refractivity (Wildman–Crippen MR) is 111 cm³/mol. The standard InChI is InChI=1S/C20H20N2O5S2/c1-12(2)29(25,26)15-7-5-6-13(10-15)18(23)21-20-22(3)16-9-8-14(19(24)27-4)11-17(16)28-20/h5-12H,1-4H3. The van der Waals surface area contributed by atoms with Gasteiger partial charge in [-0.15, -0.1) is 0 Å². The molecule has 0 unspecified atom stereocenters. The number of amides is 1. The van der Waals surface area contributed by atoms with Crippen LogP contribution in [0.3, 0.4) is 0 Å². The minimum Gasteiger partial charge on any atom is -0.465 e. The van der Waals surface area contributed by atoms with Crippen LogP contribution in [-0.4, -0.2) is 37.2 Å². The Kier molecular flexibility index (Phi) is 5.72. The first-order valence-electron chi connectivity index (χ1n) is 8.76. The van der Waals surface area contributed by atoms with E-state index in [1.807, 2.05) is 0 Å². The van der Waals surface area contributed by atoms with Crippen molar-refractivity contribution in [3.8, 4) is 0 Å². The summed E-state index contributed by atoms with van der Waals surface area (Å²) in [4.78, 5) is 29.1. The molecule has 29 heavy (non-hydrogen) atoms. The van der Waals surface area contributed by atoms with Gasteiger partial charge in [-0.2, -0.15) is 4.99 Å². The Morgan fingerprint density at radius 1 is 1.10 bits per heavy atom. The highest BCUT2D eigenvalue weighted by atomic mass is 32.2. The summed E-state index contributed by atoms with van der Waals surface area (Å²) in [6.07, 6.45) is 0. The number of thiazole rings is 1. The summed E-state index contributed by atoms with van der Waals surface area (Å²) in [5, 5.41) is -0.589. The third-order valence-electron chi connectivity index (χ3n) is 4.46. The zero-order chi connectivity index (χ0) is 21.3. The van der Waals surface area contributed by atoms with E-state index in [1.165, 1.54) is 42.7 Å². The van der Waals surface area contributed by atoms with Crippen molar-refractivity contribution < 1.29 is 22.7 Å². The molecule has 3 rings (SSSR count). The number of hydrogen-bond acceptors (Lipinski definition) is 6. The second-order valence-electron chi connectivity index (χ2n) is 6.66. The highest BCUT2D eigenvalue weighted by Gasteiger charge is 2.20. The second kappa shape index (κ2) is 7.92. The zero-order valence-electron chi connectivity index (χ0n) is 16.4. The van der Waals surface area contributed by atoms with Crippen LogP contribution in [0.5, 0.6) is 0 Å². The van der Waals surface area contributed by atoms with Gasteiger partial charge in [0.2, 0.25) is 0 Å². The van der Waals surface area contributed by atoms with Crippen molar-refractivity contribution >= 4 is 43.3 Å². The average Bonchev–Trinajstić information content (AvgIpc) is 3.02. The molecule has 9 heteroatoms. The Bertz CT molecular complexity index is 1280. The van der Waals surface area contributed by atoms with Crippen molar-refractivity contribution in [1.29, 1.82) is 0 Å². The second-order valence-corrected chi connectivity index (χ2v) is 10.2. The number of fused-ring (bicyclic) bond motifs is 1. The fourth-order valence-corrected chi connectivity index (χ4v) is 4.87. The third-order valence-corrected chi connectivity index (χ3v) is 7.70. The number of sulfone groups is 1. The Morgan fingerprint density at radius 3 is 2.48 bits per heavy atom. The number of nitrogens with zero attached hydrogens (tertiary/aromatic N) is 2. The van der Waals surface area contributed by atoms with Crippen LogP contribution in [0.4, 0.5) is 0 Å². The van der Waals surface area contributed by atoms with Crippen molar-refractivity contribution in [2.45, 2.75) is 24.0 Å². The Hall–Kier alpha value is -2.78. The number of ether oxygens (including phenoxy) is 1. The lowest BCUT2D eigenvalue weighted by Crippen LogP contribution is -2.15. The van der Waals surface area contributed by atoms with E-state index in [0.29, 0.717) is 10.4 Å². The molecule has 0 saturated heterocycles. The molecule has 2 aromatic carbocycles. The fraction of sp³-hybridized carbons (Fsp3) is 0.250. The van der Waals surface area contributed by atoms with Crippen LogP contribution in [-0.2, 0) is 21.6 Å². The Labute approximate surface area is 172 Å². The molecule has 3 aromatic rings. The van der Waals surface area contributed by atoms with Gasteiger partial charge >= 0.3 is 5.97 Å². The lowest BCUT2D eigenvalue weighted by molar-refractivity contribution is 0.0600. The first kappa shape index (κ1) is 20.9. The molecular weight excluding hydrogens is 412 g/mol. The normalized spacial score (nSPS) is 12.5. The molecule has 0 aliphatic rings. The minimum absolute atomic E-state index is 0.0944. The van der Waals surface area contributed by atoms with Crippen LogP contribution >= 0.6 is 11.3 Å². The van der Waals surface area contributed by atoms with Gasteiger partial charge < -0.3 is 9.30 Å². The Morgan fingerprint density at radius 2 is 1.83 bits per heavy atom. The van der Waals surface area contributed by atoms with E-state index in [4.69, 9.17) is 4.74 Å². The number of hydrogen-bond donors (Lipinski definition) is 0. The number of aromatic nitrogens is 1. The van der Waals surface area contributed by atoms with Gasteiger partial charge in [0.1, 0.15) is 0 Å². The highest BCUT2D eigenvalue weighted by molar-refractivity contribution is 7.92. The van der Waals surface area contributed by atoms with Gasteiger partial charge in [-0.05, 0) is 50.2 Å². The van der Waals surface area contributed by atoms with E-state index in [1.54, 1.807) is 43.7 Å². The number of benzene rings is 2. The third kappa shape index (κ3) is 4.01. The highest BCUT2D eigenvalue weighted by Crippen LogP contribution is 2.20. The molecule has 0 atom stereocenters. The lowest BCUT2D eigenvalue weighted by atomic mass is 10.2. The monoisotopic (exact) mass is 432 g/mol. The quantitative estimate of drug-likeness (QED) is 0.591. The van der Waals surface area contributed by atoms with Crippen LogP contribution in [0.1, 0.15) is 34.6 Å². The molecule has 0 bridgehead atoms. The largest absolute Gasteiger partial charge is 0.465 e. The SMILES string of the molecule is COC(=O)c1ccc2c(c1)sc(=NC(=O)c1cccc(S(=O)(=O)C(C)C)c1)n2C. The number of carbonyl (C=O) groups excluding carboxylic acids is 2.